The smallest absolute Gasteiger partial charge is 0.379 e. The Morgan fingerprint density at radius 3 is 1.94 bits per heavy atom. The van der Waals surface area contributed by atoms with E-state index >= 15 is 0 Å². The van der Waals surface area contributed by atoms with Gasteiger partial charge in [0.15, 0.2) is 0 Å². The Labute approximate surface area is 423 Å². The van der Waals surface area contributed by atoms with Crippen LogP contribution in [0.1, 0.15) is 98.1 Å². The Morgan fingerprint density at radius 1 is 0.833 bits per heavy atom. The van der Waals surface area contributed by atoms with E-state index in [1.165, 1.54) is 26.4 Å². The fourth-order valence-corrected chi connectivity index (χ4v) is 10.9. The van der Waals surface area contributed by atoms with Crippen molar-refractivity contribution in [1.29, 1.82) is 0 Å². The van der Waals surface area contributed by atoms with Gasteiger partial charge < -0.3 is 35.2 Å². The van der Waals surface area contributed by atoms with Gasteiger partial charge in [0.05, 0.1) is 53.1 Å². The van der Waals surface area contributed by atoms with Crippen LogP contribution < -0.4 is 20.7 Å². The zero-order valence-electron chi connectivity index (χ0n) is 43.7. The third-order valence-electron chi connectivity index (χ3n) is 14.2. The molecule has 2 aromatic rings. The lowest BCUT2D eigenvalue weighted by atomic mass is 9.89. The average Bonchev–Trinajstić information content (AvgIpc) is 3.94. The Kier molecular flexibility index (Phi) is 20.8. The van der Waals surface area contributed by atoms with Crippen molar-refractivity contribution in [3.63, 3.8) is 0 Å². The van der Waals surface area contributed by atoms with E-state index in [0.29, 0.717) is 31.4 Å². The molecule has 72 heavy (non-hydrogen) atoms. The number of sulfonamides is 1. The summed E-state index contributed by atoms with van der Waals surface area (Å²) in [6, 6.07) is 9.49. The van der Waals surface area contributed by atoms with Crippen molar-refractivity contribution in [3.05, 3.63) is 65.7 Å². The lowest BCUT2D eigenvalue weighted by Gasteiger charge is -2.41. The minimum absolute atomic E-state index is 0.0156. The molecule has 2 aliphatic rings. The molecule has 17 nitrogen and oxygen atoms in total. The number of carbonyl (C=O) groups is 6. The zero-order chi connectivity index (χ0) is 54.0. The van der Waals surface area contributed by atoms with Gasteiger partial charge in [0.25, 0.3) is 15.9 Å². The molecule has 9 atom stereocenters. The molecule has 1 heterocycles. The van der Waals surface area contributed by atoms with Gasteiger partial charge in [0.1, 0.15) is 12.1 Å². The summed E-state index contributed by atoms with van der Waals surface area (Å²) in [6.45, 7) is 13.5. The summed E-state index contributed by atoms with van der Waals surface area (Å²) in [5.41, 5.74) is -0.438. The summed E-state index contributed by atoms with van der Waals surface area (Å²) in [6.07, 6.45) is -4.82. The molecule has 1 aliphatic carbocycles. The Hall–Kier alpha value is -5.12. The molecule has 8 unspecified atom stereocenters. The number of rotatable bonds is 25. The van der Waals surface area contributed by atoms with Crippen molar-refractivity contribution in [2.45, 2.75) is 152 Å². The maximum Gasteiger partial charge on any atom is 0.471 e. The summed E-state index contributed by atoms with van der Waals surface area (Å²) < 4.78 is 80.2. The summed E-state index contributed by atoms with van der Waals surface area (Å²) in [4.78, 5) is 86.9. The molecule has 1 aliphatic heterocycles. The van der Waals surface area contributed by atoms with Crippen LogP contribution in [-0.2, 0) is 60.2 Å². The summed E-state index contributed by atoms with van der Waals surface area (Å²) >= 11 is 0. The first-order valence-corrected chi connectivity index (χ1v) is 26.1. The van der Waals surface area contributed by atoms with Gasteiger partial charge in [-0.3, -0.25) is 33.7 Å². The van der Waals surface area contributed by atoms with Crippen LogP contribution in [0.25, 0.3) is 0 Å². The van der Waals surface area contributed by atoms with Crippen molar-refractivity contribution < 1.29 is 59.8 Å². The zero-order valence-corrected chi connectivity index (χ0v) is 44.5. The van der Waals surface area contributed by atoms with Crippen molar-refractivity contribution in [2.24, 2.45) is 23.7 Å². The summed E-state index contributed by atoms with van der Waals surface area (Å²) in [5.74, 6) is -6.07. The van der Waals surface area contributed by atoms with E-state index in [0.717, 1.165) is 12.1 Å². The van der Waals surface area contributed by atoms with Gasteiger partial charge in [0.2, 0.25) is 23.6 Å². The Morgan fingerprint density at radius 2 is 1.44 bits per heavy atom. The number of ether oxygens (including phenoxy) is 2. The van der Waals surface area contributed by atoms with Crippen LogP contribution in [0.5, 0.6) is 0 Å². The number of likely N-dealkylation sites (N-methyl/N-ethyl adjacent to an activating group) is 2. The number of hydrogen-bond donors (Lipinski definition) is 4. The normalized spacial score (nSPS) is 19.1. The lowest BCUT2D eigenvalue weighted by Crippen LogP contribution is -2.59. The Balaban J connectivity index is 1.51. The molecule has 21 heteroatoms. The molecular formula is C51H76F3N7O10S. The molecule has 0 radical (unpaired) electrons. The van der Waals surface area contributed by atoms with Crippen molar-refractivity contribution in [2.75, 3.05) is 41.9 Å². The monoisotopic (exact) mass is 1040 g/mol. The van der Waals surface area contributed by atoms with Gasteiger partial charge >= 0.3 is 12.1 Å². The fraction of sp³-hybridized carbons (Fsp3) is 0.647. The van der Waals surface area contributed by atoms with Gasteiger partial charge in [-0.1, -0.05) is 97.4 Å². The van der Waals surface area contributed by atoms with Gasteiger partial charge in [-0.25, -0.2) is 13.1 Å². The number of amides is 6. The number of nitrogens with one attached hydrogen (secondary N) is 4. The first kappa shape index (κ1) is 59.4. The number of benzene rings is 2. The van der Waals surface area contributed by atoms with E-state index in [1.807, 2.05) is 70.6 Å². The second-order valence-corrected chi connectivity index (χ2v) is 21.9. The number of carbonyl (C=O) groups excluding carboxylic acids is 6. The largest absolute Gasteiger partial charge is 0.471 e. The second kappa shape index (κ2) is 25.2. The highest BCUT2D eigenvalue weighted by Gasteiger charge is 2.51. The van der Waals surface area contributed by atoms with Gasteiger partial charge in [-0.2, -0.15) is 13.2 Å². The van der Waals surface area contributed by atoms with Crippen LogP contribution in [0.15, 0.2) is 59.5 Å². The van der Waals surface area contributed by atoms with Crippen LogP contribution >= 0.6 is 0 Å². The van der Waals surface area contributed by atoms with Gasteiger partial charge in [-0.15, -0.1) is 0 Å². The lowest BCUT2D eigenvalue weighted by molar-refractivity contribution is -0.174. The molecule has 1 saturated heterocycles. The minimum Gasteiger partial charge on any atom is -0.379 e. The van der Waals surface area contributed by atoms with Crippen LogP contribution in [0.3, 0.4) is 0 Å². The first-order valence-electron chi connectivity index (χ1n) is 24.6. The van der Waals surface area contributed by atoms with Crippen molar-refractivity contribution in [3.8, 4) is 0 Å². The van der Waals surface area contributed by atoms with E-state index < -0.39 is 87.8 Å². The average molecular weight is 1040 g/mol. The van der Waals surface area contributed by atoms with E-state index in [2.05, 4.69) is 10.6 Å². The standard InChI is InChI=1S/C51H76F3N7O10S/c1-13-32(6)43(60(10)48(66)41(30(2)3)56-47(65)42(31(4)5)59(8)9)39(70-11)29-40(62)61-27-17-20-38(61)44(71-12)33(7)45(63)55-37(28-34-18-15-14-16-19-34)46(64)58-72(68,69)36-23-21-35(22-24-36)50(25-26-50)57-49(67)51(52,53)54/h14-16,18-19,21-24,30-33,37-39,41-44H,13,17,20,25-29H2,1-12H3,(H,55,63)(H,56,65)(H,57,67)(H,58,64)/t32?,33?,37?,38-,39?,41?,42?,43?,44?/m0/s1. The third kappa shape index (κ3) is 14.8. The molecule has 0 bridgehead atoms. The molecule has 4 rings (SSSR count). The van der Waals surface area contributed by atoms with Crippen molar-refractivity contribution in [1.82, 2.24) is 35.4 Å². The first-order chi connectivity index (χ1) is 33.6. The summed E-state index contributed by atoms with van der Waals surface area (Å²) in [7, 11) is 3.62. The Bertz CT molecular complexity index is 2290. The number of methoxy groups -OCH3 is 2. The van der Waals surface area contributed by atoms with E-state index in [1.54, 1.807) is 54.1 Å². The van der Waals surface area contributed by atoms with Gasteiger partial charge in [0, 0.05) is 34.2 Å². The second-order valence-electron chi connectivity index (χ2n) is 20.3. The molecule has 402 valence electrons. The maximum atomic E-state index is 14.5. The predicted molar refractivity (Wildman–Crippen MR) is 264 cm³/mol. The molecule has 2 aromatic carbocycles. The molecule has 4 N–H and O–H groups in total. The number of nitrogens with zero attached hydrogens (tertiary/aromatic N) is 3. The van der Waals surface area contributed by atoms with E-state index in [4.69, 9.17) is 9.47 Å². The maximum absolute atomic E-state index is 14.5. The van der Waals surface area contributed by atoms with Crippen LogP contribution in [0.4, 0.5) is 13.2 Å². The summed E-state index contributed by atoms with van der Waals surface area (Å²) in [5, 5.41) is 7.70. The molecule has 0 spiro atoms. The number of likely N-dealkylation sites (tertiary alicyclic amines) is 1. The van der Waals surface area contributed by atoms with Gasteiger partial charge in [-0.05, 0) is 80.8 Å². The molecule has 1 saturated carbocycles. The van der Waals surface area contributed by atoms with E-state index in [9.17, 15) is 50.4 Å². The quantitative estimate of drug-likeness (QED) is 0.109. The topological polar surface area (TPSA) is 213 Å². The highest BCUT2D eigenvalue weighted by molar-refractivity contribution is 7.90. The number of alkyl halides is 3. The highest BCUT2D eigenvalue weighted by Crippen LogP contribution is 2.46. The SMILES string of the molecule is CCC(C)C(C(CC(=O)N1CCC[C@H]1C(OC)C(C)C(=O)NC(Cc1ccccc1)C(=O)NS(=O)(=O)c1ccc(C2(NC(=O)C(F)(F)F)CC2)cc1)OC)N(C)C(=O)C(NC(=O)C(C(C)C)N(C)C)C(C)C. The van der Waals surface area contributed by atoms with Crippen LogP contribution in [0, 0.1) is 23.7 Å². The fourth-order valence-electron chi connectivity index (χ4n) is 9.89. The molecule has 2 fully saturated rings. The van der Waals surface area contributed by atoms with E-state index in [-0.39, 0.29) is 71.6 Å². The number of halogens is 3. The third-order valence-corrected chi connectivity index (χ3v) is 15.5. The van der Waals surface area contributed by atoms with Crippen molar-refractivity contribution >= 4 is 45.5 Å². The molecular weight excluding hydrogens is 960 g/mol. The number of hydrogen-bond acceptors (Lipinski definition) is 11. The molecule has 0 aromatic heterocycles. The highest BCUT2D eigenvalue weighted by atomic mass is 32.2. The predicted octanol–water partition coefficient (Wildman–Crippen LogP) is 4.53. The minimum atomic E-state index is -5.10. The molecule has 6 amide bonds. The van der Waals surface area contributed by atoms with Crippen LogP contribution in [-0.4, -0.2) is 149 Å². The van der Waals surface area contributed by atoms with Crippen LogP contribution in [0.2, 0.25) is 0 Å².